The molecule has 3 aliphatic rings. The molecule has 1 saturated carbocycles. The third kappa shape index (κ3) is 3.56. The van der Waals surface area contributed by atoms with Crippen molar-refractivity contribution in [2.75, 3.05) is 18.0 Å². The van der Waals surface area contributed by atoms with Crippen molar-refractivity contribution in [2.24, 2.45) is 10.4 Å². The number of halogens is 1. The summed E-state index contributed by atoms with van der Waals surface area (Å²) in [7, 11) is 0. The number of likely N-dealkylation sites (tertiary alicyclic amines) is 1. The molecule has 1 aromatic carbocycles. The number of para-hydroxylation sites is 1. The lowest BCUT2D eigenvalue weighted by molar-refractivity contribution is 0.223. The summed E-state index contributed by atoms with van der Waals surface area (Å²) < 4.78 is 0. The highest BCUT2D eigenvalue weighted by Crippen LogP contribution is 2.43. The Kier molecular flexibility index (Phi) is 5.59. The van der Waals surface area contributed by atoms with Crippen LogP contribution in [0.2, 0.25) is 5.02 Å². The minimum atomic E-state index is -0.133. The Bertz CT molecular complexity index is 733. The first-order chi connectivity index (χ1) is 13.0. The minimum absolute atomic E-state index is 0.133. The molecule has 5 heteroatoms. The molecule has 27 heavy (non-hydrogen) atoms. The van der Waals surface area contributed by atoms with Crippen LogP contribution < -0.4 is 4.90 Å². The van der Waals surface area contributed by atoms with Crippen molar-refractivity contribution < 1.29 is 0 Å². The fraction of sp³-hybridized carbons (Fsp3) is 0.636. The minimum Gasteiger partial charge on any atom is -0.293 e. The lowest BCUT2D eigenvalue weighted by Crippen LogP contribution is -2.46. The van der Waals surface area contributed by atoms with Gasteiger partial charge in [0, 0.05) is 5.41 Å². The molecule has 2 heterocycles. The van der Waals surface area contributed by atoms with Crippen LogP contribution in [0.25, 0.3) is 0 Å². The van der Waals surface area contributed by atoms with E-state index in [1.54, 1.807) is 0 Å². The molecule has 146 valence electrons. The van der Waals surface area contributed by atoms with Crippen LogP contribution in [0.15, 0.2) is 29.3 Å². The van der Waals surface area contributed by atoms with Gasteiger partial charge in [-0.3, -0.25) is 14.8 Å². The van der Waals surface area contributed by atoms with Crippen LogP contribution in [0.4, 0.5) is 5.69 Å². The van der Waals surface area contributed by atoms with Gasteiger partial charge < -0.3 is 0 Å². The summed E-state index contributed by atoms with van der Waals surface area (Å²) in [5.74, 6) is 1.13. The first-order valence-electron chi connectivity index (χ1n) is 10.4. The molecule has 0 spiro atoms. The van der Waals surface area contributed by atoms with Crippen molar-refractivity contribution in [2.45, 2.75) is 70.9 Å². The van der Waals surface area contributed by atoms with Gasteiger partial charge in [0.15, 0.2) is 0 Å². The second-order valence-corrected chi connectivity index (χ2v) is 9.53. The van der Waals surface area contributed by atoms with E-state index in [-0.39, 0.29) is 11.5 Å². The number of nitrogens with zero attached hydrogens (tertiary/aromatic N) is 3. The Morgan fingerprint density at radius 2 is 1.70 bits per heavy atom. The number of amidine groups is 1. The molecular weight excluding hydrogens is 374 g/mol. The van der Waals surface area contributed by atoms with Gasteiger partial charge in [-0.05, 0) is 50.9 Å². The molecule has 0 amide bonds. The van der Waals surface area contributed by atoms with Crippen molar-refractivity contribution in [1.29, 1.82) is 0 Å². The number of hydrogen-bond donors (Lipinski definition) is 0. The first-order valence-corrected chi connectivity index (χ1v) is 11.2. The Labute approximate surface area is 173 Å². The SMILES string of the molecule is CC1(C)C(=S)N(c2ccccc2Cl)C(=NC2CCCCC2)C1N1CCCC1. The van der Waals surface area contributed by atoms with Crippen LogP contribution in [0.1, 0.15) is 58.8 Å². The lowest BCUT2D eigenvalue weighted by Gasteiger charge is -2.33. The van der Waals surface area contributed by atoms with Gasteiger partial charge in [0.2, 0.25) is 0 Å². The normalized spacial score (nSPS) is 28.4. The van der Waals surface area contributed by atoms with Crippen LogP contribution >= 0.6 is 23.8 Å². The standard InChI is InChI=1S/C22H30ClN3S/c1-22(2)19(25-14-8-9-15-25)20(24-16-10-4-3-5-11-16)26(21(22)27)18-13-7-6-12-17(18)23/h6-7,12-13,16,19H,3-5,8-11,14-15H2,1-2H3. The van der Waals surface area contributed by atoms with Gasteiger partial charge in [-0.1, -0.05) is 69.1 Å². The van der Waals surface area contributed by atoms with E-state index in [2.05, 4.69) is 29.7 Å². The van der Waals surface area contributed by atoms with Gasteiger partial charge >= 0.3 is 0 Å². The van der Waals surface area contributed by atoms with Gasteiger partial charge in [-0.2, -0.15) is 0 Å². The molecule has 0 bridgehead atoms. The third-order valence-corrected chi connectivity index (χ3v) is 7.43. The van der Waals surface area contributed by atoms with Gasteiger partial charge in [0.25, 0.3) is 0 Å². The fourth-order valence-electron chi connectivity index (χ4n) is 4.97. The van der Waals surface area contributed by atoms with Crippen LogP contribution in [0, 0.1) is 5.41 Å². The number of anilines is 1. The first kappa shape index (κ1) is 19.4. The molecule has 0 aromatic heterocycles. The van der Waals surface area contributed by atoms with Crippen molar-refractivity contribution in [1.82, 2.24) is 4.90 Å². The molecule has 1 aromatic rings. The summed E-state index contributed by atoms with van der Waals surface area (Å²) in [5, 5.41) is 0.745. The second kappa shape index (κ2) is 7.81. The van der Waals surface area contributed by atoms with Gasteiger partial charge in [-0.15, -0.1) is 0 Å². The van der Waals surface area contributed by atoms with E-state index in [1.165, 1.54) is 44.9 Å². The van der Waals surface area contributed by atoms with E-state index in [4.69, 9.17) is 28.8 Å². The lowest BCUT2D eigenvalue weighted by atomic mass is 9.86. The predicted molar refractivity (Wildman–Crippen MR) is 119 cm³/mol. The van der Waals surface area contributed by atoms with E-state index in [9.17, 15) is 0 Å². The summed E-state index contributed by atoms with van der Waals surface area (Å²) in [6.07, 6.45) is 8.84. The number of rotatable bonds is 3. The van der Waals surface area contributed by atoms with E-state index in [0.29, 0.717) is 6.04 Å². The highest BCUT2D eigenvalue weighted by atomic mass is 35.5. The maximum atomic E-state index is 6.61. The van der Waals surface area contributed by atoms with Crippen molar-refractivity contribution in [3.05, 3.63) is 29.3 Å². The van der Waals surface area contributed by atoms with Crippen LogP contribution in [0.5, 0.6) is 0 Å². The molecule has 1 atom stereocenters. The molecule has 3 nitrogen and oxygen atoms in total. The van der Waals surface area contributed by atoms with E-state index in [1.807, 2.05) is 18.2 Å². The van der Waals surface area contributed by atoms with Crippen LogP contribution in [-0.2, 0) is 0 Å². The van der Waals surface area contributed by atoms with Crippen LogP contribution in [0.3, 0.4) is 0 Å². The molecule has 2 saturated heterocycles. The molecule has 2 aliphatic heterocycles. The summed E-state index contributed by atoms with van der Waals surface area (Å²) in [4.78, 5) is 11.1. The number of benzene rings is 1. The maximum absolute atomic E-state index is 6.61. The van der Waals surface area contributed by atoms with Crippen molar-refractivity contribution in [3.8, 4) is 0 Å². The zero-order valence-electron chi connectivity index (χ0n) is 16.5. The summed E-state index contributed by atoms with van der Waals surface area (Å²) >= 11 is 12.6. The van der Waals surface area contributed by atoms with Crippen LogP contribution in [-0.4, -0.2) is 40.9 Å². The van der Waals surface area contributed by atoms with Crippen molar-refractivity contribution in [3.63, 3.8) is 0 Å². The smallest absolute Gasteiger partial charge is 0.127 e. The van der Waals surface area contributed by atoms with Crippen molar-refractivity contribution >= 4 is 40.3 Å². The molecule has 1 aliphatic carbocycles. The highest BCUT2D eigenvalue weighted by molar-refractivity contribution is 7.80. The van der Waals surface area contributed by atoms with E-state index >= 15 is 0 Å². The monoisotopic (exact) mass is 403 g/mol. The molecule has 0 N–H and O–H groups in total. The quantitative estimate of drug-likeness (QED) is 0.602. The predicted octanol–water partition coefficient (Wildman–Crippen LogP) is 5.71. The Morgan fingerprint density at radius 3 is 2.37 bits per heavy atom. The topological polar surface area (TPSA) is 18.8 Å². The summed E-state index contributed by atoms with van der Waals surface area (Å²) in [6, 6.07) is 8.71. The molecule has 3 fully saturated rings. The van der Waals surface area contributed by atoms with E-state index < -0.39 is 0 Å². The number of hydrogen-bond acceptors (Lipinski definition) is 3. The van der Waals surface area contributed by atoms with E-state index in [0.717, 1.165) is 34.6 Å². The average Bonchev–Trinajstić information content (AvgIpc) is 3.23. The van der Waals surface area contributed by atoms with Gasteiger partial charge in [0.1, 0.15) is 5.84 Å². The highest BCUT2D eigenvalue weighted by Gasteiger charge is 2.53. The Balaban J connectivity index is 1.81. The third-order valence-electron chi connectivity index (χ3n) is 6.40. The zero-order valence-corrected chi connectivity index (χ0v) is 18.0. The van der Waals surface area contributed by atoms with Gasteiger partial charge in [-0.25, -0.2) is 0 Å². The van der Waals surface area contributed by atoms with Gasteiger partial charge in [0.05, 0.1) is 27.8 Å². The molecular formula is C22H30ClN3S. The Hall–Kier alpha value is -0.970. The zero-order chi connectivity index (χ0) is 19.0. The second-order valence-electron chi connectivity index (χ2n) is 8.74. The number of aliphatic imine (C=N–C) groups is 1. The molecule has 1 unspecified atom stereocenters. The summed E-state index contributed by atoms with van der Waals surface area (Å²) in [5.41, 5.74) is 0.847. The average molecular weight is 404 g/mol. The largest absolute Gasteiger partial charge is 0.293 e. The molecule has 4 rings (SSSR count). The maximum Gasteiger partial charge on any atom is 0.127 e. The Morgan fingerprint density at radius 1 is 1.04 bits per heavy atom. The fourth-order valence-corrected chi connectivity index (χ4v) is 5.49. The summed E-state index contributed by atoms with van der Waals surface area (Å²) in [6.45, 7) is 6.84. The molecule has 0 radical (unpaired) electrons. The number of thiocarbonyl (C=S) groups is 1.